The molecule has 0 spiro atoms. The number of aromatic amines is 1. The first-order valence-corrected chi connectivity index (χ1v) is 7.27. The number of aromatic nitrogens is 5. The highest BCUT2D eigenvalue weighted by Gasteiger charge is 2.29. The van der Waals surface area contributed by atoms with Crippen molar-refractivity contribution in [3.63, 3.8) is 0 Å². The Balaban J connectivity index is 1.67. The topological polar surface area (TPSA) is 97.7 Å². The van der Waals surface area contributed by atoms with E-state index in [0.717, 1.165) is 41.3 Å². The maximum Gasteiger partial charge on any atom is 0.407 e. The molecular weight excluding hydrogens is 284 g/mol. The molecule has 0 radical (unpaired) electrons. The third-order valence-corrected chi connectivity index (χ3v) is 4.28. The summed E-state index contributed by atoms with van der Waals surface area (Å²) < 4.78 is 6.73. The van der Waals surface area contributed by atoms with E-state index in [4.69, 9.17) is 0 Å². The van der Waals surface area contributed by atoms with Crippen molar-refractivity contribution in [3.8, 4) is 0 Å². The molecule has 8 nitrogen and oxygen atoms in total. The van der Waals surface area contributed by atoms with Gasteiger partial charge in [-0.1, -0.05) is 0 Å². The van der Waals surface area contributed by atoms with Gasteiger partial charge in [-0.15, -0.1) is 0 Å². The second-order valence-corrected chi connectivity index (χ2v) is 5.56. The second kappa shape index (κ2) is 4.97. The Bertz CT molecular complexity index is 838. The maximum absolute atomic E-state index is 11.3. The molecule has 3 aromatic heterocycles. The van der Waals surface area contributed by atoms with E-state index in [9.17, 15) is 4.79 Å². The van der Waals surface area contributed by atoms with Gasteiger partial charge in [0.2, 0.25) is 0 Å². The largest absolute Gasteiger partial charge is 0.453 e. The lowest BCUT2D eigenvalue weighted by Gasteiger charge is -2.14. The fraction of sp³-hybridized carbons (Fsp3) is 0.429. The minimum absolute atomic E-state index is 0.124. The van der Waals surface area contributed by atoms with Crippen LogP contribution in [0, 0.1) is 0 Å². The van der Waals surface area contributed by atoms with Crippen molar-refractivity contribution >= 4 is 28.2 Å². The summed E-state index contributed by atoms with van der Waals surface area (Å²) in [6, 6.07) is 2.33. The van der Waals surface area contributed by atoms with Crippen molar-refractivity contribution in [3.05, 3.63) is 18.5 Å². The molecule has 1 aliphatic rings. The third kappa shape index (κ3) is 1.99. The number of carbonyl (C=O) groups is 1. The SMILES string of the molecule is COC(=O)NC1CCC(n2[nH]nc3cnc4nccc4c32)C1. The number of carbonyl (C=O) groups excluding carboxylic acids is 1. The molecule has 1 aliphatic carbocycles. The molecule has 8 heteroatoms. The summed E-state index contributed by atoms with van der Waals surface area (Å²) in [5.74, 6) is 0. The van der Waals surface area contributed by atoms with Crippen LogP contribution in [0.15, 0.2) is 18.5 Å². The lowest BCUT2D eigenvalue weighted by atomic mass is 10.2. The standard InChI is InChI=1S/C14H16N6O2/c1-22-14(21)17-8-2-3-9(6-8)20-12-10-4-5-15-13(10)16-7-11(12)18-19-20/h4-5,7-9,19H,2-3,6H2,1H3,(H,17,21). The minimum atomic E-state index is -0.378. The Morgan fingerprint density at radius 3 is 3.23 bits per heavy atom. The number of pyridine rings is 1. The van der Waals surface area contributed by atoms with Gasteiger partial charge in [0.1, 0.15) is 5.52 Å². The lowest BCUT2D eigenvalue weighted by molar-refractivity contribution is 0.166. The summed E-state index contributed by atoms with van der Waals surface area (Å²) >= 11 is 0. The van der Waals surface area contributed by atoms with Crippen LogP contribution in [0.1, 0.15) is 25.3 Å². The number of H-pyrrole nitrogens is 1. The Morgan fingerprint density at radius 1 is 1.45 bits per heavy atom. The van der Waals surface area contributed by atoms with Crippen molar-refractivity contribution < 1.29 is 9.53 Å². The first-order valence-electron chi connectivity index (χ1n) is 7.27. The van der Waals surface area contributed by atoms with Gasteiger partial charge >= 0.3 is 6.09 Å². The molecule has 0 bridgehead atoms. The minimum Gasteiger partial charge on any atom is -0.453 e. The zero-order valence-corrected chi connectivity index (χ0v) is 12.1. The quantitative estimate of drug-likeness (QED) is 0.751. The number of alkyl carbamates (subject to hydrolysis) is 1. The van der Waals surface area contributed by atoms with Crippen molar-refractivity contribution in [2.75, 3.05) is 7.11 Å². The Hall–Kier alpha value is -2.64. The predicted molar refractivity (Wildman–Crippen MR) is 79.4 cm³/mol. The molecule has 2 unspecified atom stereocenters. The Morgan fingerprint density at radius 2 is 2.36 bits per heavy atom. The number of hydrogen-bond acceptors (Lipinski definition) is 5. The van der Waals surface area contributed by atoms with Crippen LogP contribution in [0.2, 0.25) is 0 Å². The monoisotopic (exact) mass is 300 g/mol. The molecule has 4 rings (SSSR count). The number of rotatable bonds is 2. The summed E-state index contributed by atoms with van der Waals surface area (Å²) in [4.78, 5) is 19.9. The molecule has 0 aromatic carbocycles. The zero-order valence-electron chi connectivity index (χ0n) is 12.1. The zero-order chi connectivity index (χ0) is 15.1. The number of amides is 1. The number of ether oxygens (including phenoxy) is 1. The first-order chi connectivity index (χ1) is 10.8. The number of fused-ring (bicyclic) bond motifs is 3. The highest BCUT2D eigenvalue weighted by atomic mass is 16.5. The lowest BCUT2D eigenvalue weighted by Crippen LogP contribution is -2.32. The summed E-state index contributed by atoms with van der Waals surface area (Å²) in [6.45, 7) is 0. The number of hydrogen-bond donors (Lipinski definition) is 2. The summed E-state index contributed by atoms with van der Waals surface area (Å²) in [5, 5.41) is 11.3. The van der Waals surface area contributed by atoms with Gasteiger partial charge in [0.05, 0.1) is 24.9 Å². The molecule has 22 heavy (non-hydrogen) atoms. The number of nitrogens with zero attached hydrogens (tertiary/aromatic N) is 4. The van der Waals surface area contributed by atoms with Gasteiger partial charge in [-0.25, -0.2) is 20.0 Å². The first kappa shape index (κ1) is 13.1. The Kier molecular flexibility index (Phi) is 2.95. The van der Waals surface area contributed by atoms with Gasteiger partial charge in [-0.05, 0) is 25.3 Å². The third-order valence-electron chi connectivity index (χ3n) is 4.28. The van der Waals surface area contributed by atoms with Crippen LogP contribution in [-0.4, -0.2) is 44.2 Å². The molecule has 114 valence electrons. The molecule has 0 saturated heterocycles. The van der Waals surface area contributed by atoms with Crippen LogP contribution in [0.25, 0.3) is 22.1 Å². The molecule has 2 N–H and O–H groups in total. The molecule has 1 fully saturated rings. The molecule has 3 heterocycles. The van der Waals surface area contributed by atoms with Crippen LogP contribution in [-0.2, 0) is 4.74 Å². The van der Waals surface area contributed by atoms with E-state index in [-0.39, 0.29) is 18.2 Å². The summed E-state index contributed by atoms with van der Waals surface area (Å²) in [5.41, 5.74) is 2.57. The smallest absolute Gasteiger partial charge is 0.407 e. The van der Waals surface area contributed by atoms with Crippen molar-refractivity contribution in [2.24, 2.45) is 0 Å². The second-order valence-electron chi connectivity index (χ2n) is 5.56. The number of methoxy groups -OCH3 is 1. The van der Waals surface area contributed by atoms with Crippen LogP contribution >= 0.6 is 0 Å². The van der Waals surface area contributed by atoms with E-state index in [2.05, 4.69) is 35.0 Å². The number of nitrogens with one attached hydrogen (secondary N) is 2. The van der Waals surface area contributed by atoms with Crippen LogP contribution in [0.3, 0.4) is 0 Å². The van der Waals surface area contributed by atoms with E-state index in [1.807, 2.05) is 6.07 Å². The van der Waals surface area contributed by atoms with Gasteiger partial charge < -0.3 is 10.1 Å². The van der Waals surface area contributed by atoms with Gasteiger partial charge in [0.25, 0.3) is 0 Å². The normalized spacial score (nSPS) is 21.5. The van der Waals surface area contributed by atoms with Gasteiger partial charge in [-0.3, -0.25) is 4.68 Å². The average molecular weight is 300 g/mol. The van der Waals surface area contributed by atoms with E-state index in [1.54, 1.807) is 12.4 Å². The van der Waals surface area contributed by atoms with E-state index < -0.39 is 0 Å². The van der Waals surface area contributed by atoms with Crippen molar-refractivity contribution in [2.45, 2.75) is 31.3 Å². The average Bonchev–Trinajstić information content (AvgIpc) is 3.24. The molecule has 1 amide bonds. The molecule has 2 atom stereocenters. The summed E-state index contributed by atoms with van der Waals surface area (Å²) in [7, 11) is 1.38. The van der Waals surface area contributed by atoms with E-state index in [1.165, 1.54) is 7.11 Å². The molecule has 1 saturated carbocycles. The van der Waals surface area contributed by atoms with Crippen molar-refractivity contribution in [1.29, 1.82) is 0 Å². The summed E-state index contributed by atoms with van der Waals surface area (Å²) in [6.07, 6.45) is 5.84. The van der Waals surface area contributed by atoms with Crippen LogP contribution in [0.5, 0.6) is 0 Å². The molecule has 3 aromatic rings. The van der Waals surface area contributed by atoms with Crippen LogP contribution < -0.4 is 5.32 Å². The fourth-order valence-corrected chi connectivity index (χ4v) is 3.24. The highest BCUT2D eigenvalue weighted by molar-refractivity contribution is 6.00. The van der Waals surface area contributed by atoms with E-state index >= 15 is 0 Å². The van der Waals surface area contributed by atoms with Gasteiger partial charge in [0, 0.05) is 17.6 Å². The predicted octanol–water partition coefficient (Wildman–Crippen LogP) is 1.76. The molecule has 0 aliphatic heterocycles. The Labute approximate surface area is 125 Å². The maximum atomic E-state index is 11.3. The van der Waals surface area contributed by atoms with Crippen LogP contribution in [0.4, 0.5) is 4.79 Å². The van der Waals surface area contributed by atoms with E-state index in [0.29, 0.717) is 0 Å². The highest BCUT2D eigenvalue weighted by Crippen LogP contribution is 2.33. The fourth-order valence-electron chi connectivity index (χ4n) is 3.24. The van der Waals surface area contributed by atoms with Gasteiger partial charge in [0.15, 0.2) is 5.65 Å². The van der Waals surface area contributed by atoms with Crippen molar-refractivity contribution in [1.82, 2.24) is 30.3 Å². The van der Waals surface area contributed by atoms with Gasteiger partial charge in [-0.2, -0.15) is 5.10 Å². The molecular formula is C14H16N6O2.